The predicted octanol–water partition coefficient (Wildman–Crippen LogP) is -1.01. The molecule has 1 saturated heterocycles. The van der Waals surface area contributed by atoms with Gasteiger partial charge in [0.25, 0.3) is 0 Å². The van der Waals surface area contributed by atoms with Crippen LogP contribution in [0.5, 0.6) is 0 Å². The van der Waals surface area contributed by atoms with Crippen molar-refractivity contribution >= 4 is 21.7 Å². The van der Waals surface area contributed by atoms with Crippen molar-refractivity contribution < 1.29 is 18.0 Å². The topological polar surface area (TPSA) is 95.6 Å². The minimum atomic E-state index is -3.00. The van der Waals surface area contributed by atoms with Crippen LogP contribution in [0.15, 0.2) is 0 Å². The van der Waals surface area contributed by atoms with E-state index in [4.69, 9.17) is 0 Å². The number of nitrogens with zero attached hydrogens (tertiary/aromatic N) is 1. The van der Waals surface area contributed by atoms with E-state index in [2.05, 4.69) is 15.5 Å². The largest absolute Gasteiger partial charge is 0.356 e. The van der Waals surface area contributed by atoms with Crippen molar-refractivity contribution in [3.63, 3.8) is 0 Å². The second-order valence-corrected chi connectivity index (χ2v) is 8.73. The number of carbonyl (C=O) groups excluding carboxylic acids is 2. The molecular weight excluding hydrogens is 306 g/mol. The third kappa shape index (κ3) is 4.95. The van der Waals surface area contributed by atoms with Gasteiger partial charge in [0.15, 0.2) is 9.84 Å². The van der Waals surface area contributed by atoms with Crippen molar-refractivity contribution in [2.24, 2.45) is 11.8 Å². The van der Waals surface area contributed by atoms with Gasteiger partial charge in [0.2, 0.25) is 11.8 Å². The molecule has 0 radical (unpaired) electrons. The highest BCUT2D eigenvalue weighted by Gasteiger charge is 2.48. The number of hydrogen-bond donors (Lipinski definition) is 2. The zero-order valence-corrected chi connectivity index (χ0v) is 14.0. The van der Waals surface area contributed by atoms with E-state index in [0.29, 0.717) is 19.4 Å². The molecular formula is C14H25N3O4S. The maximum Gasteiger partial charge on any atom is 0.224 e. The van der Waals surface area contributed by atoms with Crippen LogP contribution in [0.25, 0.3) is 0 Å². The van der Waals surface area contributed by atoms with Crippen LogP contribution in [0.4, 0.5) is 0 Å². The maximum absolute atomic E-state index is 12.0. The van der Waals surface area contributed by atoms with Gasteiger partial charge in [-0.2, -0.15) is 0 Å². The van der Waals surface area contributed by atoms with Gasteiger partial charge >= 0.3 is 0 Å². The van der Waals surface area contributed by atoms with Crippen LogP contribution in [0, 0.1) is 11.8 Å². The van der Waals surface area contributed by atoms with Crippen LogP contribution < -0.4 is 10.6 Å². The van der Waals surface area contributed by atoms with Crippen LogP contribution >= 0.6 is 0 Å². The second kappa shape index (κ2) is 6.95. The summed E-state index contributed by atoms with van der Waals surface area (Å²) in [5, 5.41) is 5.61. The zero-order chi connectivity index (χ0) is 16.3. The van der Waals surface area contributed by atoms with Gasteiger partial charge in [0, 0.05) is 12.6 Å². The molecule has 2 N–H and O–H groups in total. The third-order valence-corrected chi connectivity index (χ3v) is 5.89. The van der Waals surface area contributed by atoms with Gasteiger partial charge in [0.1, 0.15) is 0 Å². The van der Waals surface area contributed by atoms with Gasteiger partial charge in [-0.1, -0.05) is 0 Å². The lowest BCUT2D eigenvalue weighted by Gasteiger charge is -2.11. The number of carbonyl (C=O) groups is 2. The smallest absolute Gasteiger partial charge is 0.224 e. The molecule has 2 fully saturated rings. The Hall–Kier alpha value is -1.15. The fourth-order valence-corrected chi connectivity index (χ4v) is 4.40. The van der Waals surface area contributed by atoms with E-state index in [0.717, 1.165) is 13.0 Å². The highest BCUT2D eigenvalue weighted by molar-refractivity contribution is 7.91. The van der Waals surface area contributed by atoms with Crippen molar-refractivity contribution in [2.75, 3.05) is 38.7 Å². The molecule has 2 amide bonds. The predicted molar refractivity (Wildman–Crippen MR) is 83.0 cm³/mol. The molecule has 0 aromatic rings. The van der Waals surface area contributed by atoms with E-state index in [1.54, 1.807) is 0 Å². The van der Waals surface area contributed by atoms with Crippen molar-refractivity contribution in [1.29, 1.82) is 0 Å². The molecule has 2 rings (SSSR count). The normalized spacial score (nSPS) is 29.3. The molecule has 22 heavy (non-hydrogen) atoms. The Morgan fingerprint density at radius 2 is 1.86 bits per heavy atom. The Morgan fingerprint density at radius 3 is 2.45 bits per heavy atom. The Balaban J connectivity index is 1.66. The van der Waals surface area contributed by atoms with Crippen LogP contribution in [0.2, 0.25) is 0 Å². The molecule has 126 valence electrons. The summed E-state index contributed by atoms with van der Waals surface area (Å²) in [5.41, 5.74) is 0. The summed E-state index contributed by atoms with van der Waals surface area (Å²) < 4.78 is 22.7. The third-order valence-electron chi connectivity index (χ3n) is 4.12. The van der Waals surface area contributed by atoms with Gasteiger partial charge < -0.3 is 15.5 Å². The van der Waals surface area contributed by atoms with E-state index in [1.807, 2.05) is 14.1 Å². The molecule has 1 heterocycles. The van der Waals surface area contributed by atoms with Gasteiger partial charge in [0.05, 0.1) is 23.3 Å². The van der Waals surface area contributed by atoms with E-state index < -0.39 is 9.84 Å². The van der Waals surface area contributed by atoms with Crippen LogP contribution in [-0.4, -0.2) is 69.9 Å². The first-order valence-electron chi connectivity index (χ1n) is 7.72. The van der Waals surface area contributed by atoms with Crippen molar-refractivity contribution in [1.82, 2.24) is 15.5 Å². The summed E-state index contributed by atoms with van der Waals surface area (Å²) in [6.07, 6.45) is 1.91. The van der Waals surface area contributed by atoms with Crippen LogP contribution in [-0.2, 0) is 19.4 Å². The zero-order valence-electron chi connectivity index (χ0n) is 13.2. The quantitative estimate of drug-likeness (QED) is 0.583. The maximum atomic E-state index is 12.0. The lowest BCUT2D eigenvalue weighted by Crippen LogP contribution is -2.38. The molecule has 2 aliphatic rings. The molecule has 0 spiro atoms. The molecule has 0 aromatic carbocycles. The molecule has 0 aromatic heterocycles. The first-order chi connectivity index (χ1) is 10.3. The van der Waals surface area contributed by atoms with Crippen LogP contribution in [0.3, 0.4) is 0 Å². The molecule has 1 aliphatic heterocycles. The summed E-state index contributed by atoms with van der Waals surface area (Å²) in [6, 6.07) is -0.290. The van der Waals surface area contributed by atoms with E-state index in [9.17, 15) is 18.0 Å². The first-order valence-corrected chi connectivity index (χ1v) is 9.54. The first kappa shape index (κ1) is 17.2. The van der Waals surface area contributed by atoms with Crippen LogP contribution in [0.1, 0.15) is 19.3 Å². The fourth-order valence-electron chi connectivity index (χ4n) is 2.73. The lowest BCUT2D eigenvalue weighted by molar-refractivity contribution is -0.127. The molecule has 8 heteroatoms. The fraction of sp³-hybridized carbons (Fsp3) is 0.857. The number of hydrogen-bond acceptors (Lipinski definition) is 5. The highest BCUT2D eigenvalue weighted by atomic mass is 32.2. The van der Waals surface area contributed by atoms with Crippen molar-refractivity contribution in [3.8, 4) is 0 Å². The SMILES string of the molecule is CN(C)CCCNC(=O)C1CC1C(=O)NC1CCS(=O)(=O)C1. The van der Waals surface area contributed by atoms with Crippen molar-refractivity contribution in [3.05, 3.63) is 0 Å². The summed E-state index contributed by atoms with van der Waals surface area (Å²) >= 11 is 0. The summed E-state index contributed by atoms with van der Waals surface area (Å²) in [5.74, 6) is -0.645. The Labute approximate surface area is 131 Å². The van der Waals surface area contributed by atoms with Gasteiger partial charge in [-0.05, 0) is 39.9 Å². The van der Waals surface area contributed by atoms with Gasteiger partial charge in [-0.25, -0.2) is 8.42 Å². The monoisotopic (exact) mass is 331 g/mol. The number of nitrogens with one attached hydrogen (secondary N) is 2. The summed E-state index contributed by atoms with van der Waals surface area (Å²) in [7, 11) is 0.961. The summed E-state index contributed by atoms with van der Waals surface area (Å²) in [6.45, 7) is 1.52. The standard InChI is InChI=1S/C14H25N3O4S/c1-17(2)6-3-5-15-13(18)11-8-12(11)14(19)16-10-4-7-22(20,21)9-10/h10-12H,3-9H2,1-2H3,(H,15,18)(H,16,19). The van der Waals surface area contributed by atoms with Crippen molar-refractivity contribution in [2.45, 2.75) is 25.3 Å². The van der Waals surface area contributed by atoms with Gasteiger partial charge in [-0.3, -0.25) is 9.59 Å². The highest BCUT2D eigenvalue weighted by Crippen LogP contribution is 2.39. The van der Waals surface area contributed by atoms with E-state index in [1.165, 1.54) is 0 Å². The molecule has 3 atom stereocenters. The number of rotatable bonds is 7. The Bertz CT molecular complexity index is 532. The summed E-state index contributed by atoms with van der Waals surface area (Å²) in [4.78, 5) is 26.0. The Kier molecular flexibility index (Phi) is 5.44. The second-order valence-electron chi connectivity index (χ2n) is 6.51. The minimum Gasteiger partial charge on any atom is -0.356 e. The molecule has 7 nitrogen and oxygen atoms in total. The molecule has 0 bridgehead atoms. The number of amides is 2. The molecule has 1 aliphatic carbocycles. The van der Waals surface area contributed by atoms with E-state index in [-0.39, 0.29) is 41.2 Å². The minimum absolute atomic E-state index is 0.0207. The molecule has 3 unspecified atom stereocenters. The van der Waals surface area contributed by atoms with E-state index >= 15 is 0 Å². The average Bonchev–Trinajstić information content (AvgIpc) is 3.14. The lowest BCUT2D eigenvalue weighted by atomic mass is 10.2. The van der Waals surface area contributed by atoms with Gasteiger partial charge in [-0.15, -0.1) is 0 Å². The molecule has 1 saturated carbocycles. The Morgan fingerprint density at radius 1 is 1.18 bits per heavy atom. The average molecular weight is 331 g/mol. The number of sulfone groups is 1.